The number of aromatic nitrogens is 1. The maximum Gasteiger partial charge on any atom is 0.0925 e. The van der Waals surface area contributed by atoms with E-state index in [4.69, 9.17) is 4.74 Å². The Hall–Kier alpha value is -0.450. The molecule has 2 saturated heterocycles. The Labute approximate surface area is 100 Å². The number of nitrogens with zero attached hydrogens (tertiary/aromatic N) is 1. The third kappa shape index (κ3) is 2.01. The van der Waals surface area contributed by atoms with Gasteiger partial charge in [-0.15, -0.1) is 11.3 Å². The highest BCUT2D eigenvalue weighted by Crippen LogP contribution is 2.34. The summed E-state index contributed by atoms with van der Waals surface area (Å²) < 4.78 is 5.82. The van der Waals surface area contributed by atoms with Crippen LogP contribution in [0, 0.1) is 0 Å². The molecular weight excluding hydrogens is 220 g/mol. The van der Waals surface area contributed by atoms with E-state index in [-0.39, 0.29) is 0 Å². The van der Waals surface area contributed by atoms with Crippen LogP contribution >= 0.6 is 11.3 Å². The minimum absolute atomic E-state index is 0.476. The number of nitrogens with one attached hydrogen (secondary N) is 1. The summed E-state index contributed by atoms with van der Waals surface area (Å²) >= 11 is 1.82. The standard InChI is InChI=1S/C12H18N2OS/c1-2-12-14-7-9(16-12)6-13-10-5-8-3-4-11(10)15-8/h7-8,10-11,13H,2-6H2,1H3. The molecule has 3 heterocycles. The molecule has 2 fully saturated rings. The summed E-state index contributed by atoms with van der Waals surface area (Å²) in [4.78, 5) is 5.72. The summed E-state index contributed by atoms with van der Waals surface area (Å²) in [5.74, 6) is 0. The maximum atomic E-state index is 5.82. The molecule has 3 unspecified atom stereocenters. The number of rotatable bonds is 4. The van der Waals surface area contributed by atoms with Crippen LogP contribution in [-0.2, 0) is 17.7 Å². The Morgan fingerprint density at radius 3 is 3.12 bits per heavy atom. The van der Waals surface area contributed by atoms with E-state index in [0.29, 0.717) is 18.2 Å². The SMILES string of the molecule is CCc1ncc(CNC2CC3CCC2O3)s1. The van der Waals surface area contributed by atoms with Crippen molar-refractivity contribution in [2.75, 3.05) is 0 Å². The molecule has 3 nitrogen and oxygen atoms in total. The second-order valence-corrected chi connectivity index (χ2v) is 5.87. The quantitative estimate of drug-likeness (QED) is 0.872. The summed E-state index contributed by atoms with van der Waals surface area (Å²) in [6, 6.07) is 0.575. The third-order valence-electron chi connectivity index (χ3n) is 3.55. The fourth-order valence-electron chi connectivity index (χ4n) is 2.68. The zero-order chi connectivity index (χ0) is 11.0. The molecule has 88 valence electrons. The molecule has 1 aromatic heterocycles. The second kappa shape index (κ2) is 4.43. The van der Waals surface area contributed by atoms with E-state index in [2.05, 4.69) is 17.2 Å². The lowest BCUT2D eigenvalue weighted by atomic mass is 9.95. The van der Waals surface area contributed by atoms with Crippen LogP contribution in [0.1, 0.15) is 36.1 Å². The average molecular weight is 238 g/mol. The van der Waals surface area contributed by atoms with Crippen LogP contribution in [0.3, 0.4) is 0 Å². The average Bonchev–Trinajstić information content (AvgIpc) is 3.02. The van der Waals surface area contributed by atoms with E-state index in [1.165, 1.54) is 29.1 Å². The second-order valence-electron chi connectivity index (χ2n) is 4.67. The molecule has 0 amide bonds. The van der Waals surface area contributed by atoms with Crippen LogP contribution < -0.4 is 5.32 Å². The van der Waals surface area contributed by atoms with Crippen molar-refractivity contribution in [3.63, 3.8) is 0 Å². The maximum absolute atomic E-state index is 5.82. The van der Waals surface area contributed by atoms with Crippen LogP contribution in [0.4, 0.5) is 0 Å². The molecule has 0 saturated carbocycles. The van der Waals surface area contributed by atoms with Gasteiger partial charge in [0, 0.05) is 23.7 Å². The molecule has 2 aliphatic heterocycles. The predicted octanol–water partition coefficient (Wildman–Crippen LogP) is 2.12. The molecule has 3 rings (SSSR count). The van der Waals surface area contributed by atoms with E-state index in [9.17, 15) is 0 Å². The Bertz CT molecular complexity index is 366. The number of hydrogen-bond acceptors (Lipinski definition) is 4. The van der Waals surface area contributed by atoms with Crippen molar-refractivity contribution in [1.29, 1.82) is 0 Å². The topological polar surface area (TPSA) is 34.2 Å². The molecule has 0 aliphatic carbocycles. The molecule has 3 atom stereocenters. The summed E-state index contributed by atoms with van der Waals surface area (Å²) in [6.45, 7) is 3.11. The lowest BCUT2D eigenvalue weighted by molar-refractivity contribution is 0.0973. The molecule has 0 spiro atoms. The molecule has 2 bridgehead atoms. The minimum atomic E-state index is 0.476. The van der Waals surface area contributed by atoms with Crippen molar-refractivity contribution in [1.82, 2.24) is 10.3 Å². The number of thiazole rings is 1. The van der Waals surface area contributed by atoms with Gasteiger partial charge in [0.2, 0.25) is 0 Å². The zero-order valence-corrected chi connectivity index (χ0v) is 10.4. The third-order valence-corrected chi connectivity index (χ3v) is 4.69. The smallest absolute Gasteiger partial charge is 0.0925 e. The predicted molar refractivity (Wildman–Crippen MR) is 64.6 cm³/mol. The number of aryl methyl sites for hydroxylation is 1. The van der Waals surface area contributed by atoms with Crippen LogP contribution in [0.5, 0.6) is 0 Å². The van der Waals surface area contributed by atoms with Gasteiger partial charge in [-0.2, -0.15) is 0 Å². The van der Waals surface area contributed by atoms with Crippen LogP contribution in [0.25, 0.3) is 0 Å². The highest BCUT2D eigenvalue weighted by molar-refractivity contribution is 7.11. The summed E-state index contributed by atoms with van der Waals surface area (Å²) in [5, 5.41) is 4.85. The minimum Gasteiger partial charge on any atom is -0.373 e. The largest absolute Gasteiger partial charge is 0.373 e. The monoisotopic (exact) mass is 238 g/mol. The van der Waals surface area contributed by atoms with Gasteiger partial charge in [-0.1, -0.05) is 6.92 Å². The van der Waals surface area contributed by atoms with Gasteiger partial charge >= 0.3 is 0 Å². The molecule has 1 aromatic rings. The van der Waals surface area contributed by atoms with E-state index >= 15 is 0 Å². The number of ether oxygens (including phenoxy) is 1. The van der Waals surface area contributed by atoms with E-state index in [1.54, 1.807) is 0 Å². The summed E-state index contributed by atoms with van der Waals surface area (Å²) in [5.41, 5.74) is 0. The highest BCUT2D eigenvalue weighted by Gasteiger charge is 2.40. The van der Waals surface area contributed by atoms with Gasteiger partial charge in [0.15, 0.2) is 0 Å². The van der Waals surface area contributed by atoms with Crippen LogP contribution in [0.2, 0.25) is 0 Å². The van der Waals surface area contributed by atoms with Gasteiger partial charge in [0.1, 0.15) is 0 Å². The molecule has 0 aromatic carbocycles. The fourth-order valence-corrected chi connectivity index (χ4v) is 3.49. The lowest BCUT2D eigenvalue weighted by Crippen LogP contribution is -2.36. The molecular formula is C12H18N2OS. The van der Waals surface area contributed by atoms with Crippen molar-refractivity contribution in [3.8, 4) is 0 Å². The number of fused-ring (bicyclic) bond motifs is 2. The Morgan fingerprint density at radius 1 is 1.56 bits per heavy atom. The van der Waals surface area contributed by atoms with Gasteiger partial charge in [-0.05, 0) is 25.7 Å². The Morgan fingerprint density at radius 2 is 2.50 bits per heavy atom. The molecule has 1 N–H and O–H groups in total. The fraction of sp³-hybridized carbons (Fsp3) is 0.750. The van der Waals surface area contributed by atoms with Gasteiger partial charge in [0.25, 0.3) is 0 Å². The Kier molecular flexibility index (Phi) is 2.96. The van der Waals surface area contributed by atoms with Crippen molar-refractivity contribution in [2.45, 2.75) is 57.4 Å². The normalized spacial score (nSPS) is 32.4. The Balaban J connectivity index is 1.53. The van der Waals surface area contributed by atoms with Crippen molar-refractivity contribution >= 4 is 11.3 Å². The summed E-state index contributed by atoms with van der Waals surface area (Å²) in [6.07, 6.45) is 7.77. The first-order chi connectivity index (χ1) is 7.85. The van der Waals surface area contributed by atoms with Gasteiger partial charge in [-0.25, -0.2) is 4.98 Å². The highest BCUT2D eigenvalue weighted by atomic mass is 32.1. The van der Waals surface area contributed by atoms with E-state index < -0.39 is 0 Å². The van der Waals surface area contributed by atoms with Crippen molar-refractivity contribution in [3.05, 3.63) is 16.1 Å². The number of hydrogen-bond donors (Lipinski definition) is 1. The van der Waals surface area contributed by atoms with Gasteiger partial charge in [0.05, 0.1) is 17.2 Å². The molecule has 16 heavy (non-hydrogen) atoms. The molecule has 0 radical (unpaired) electrons. The van der Waals surface area contributed by atoms with Crippen LogP contribution in [0.15, 0.2) is 6.20 Å². The van der Waals surface area contributed by atoms with Crippen LogP contribution in [-0.4, -0.2) is 23.2 Å². The van der Waals surface area contributed by atoms with E-state index in [1.807, 2.05) is 17.5 Å². The lowest BCUT2D eigenvalue weighted by Gasteiger charge is -2.19. The van der Waals surface area contributed by atoms with Crippen molar-refractivity contribution in [2.24, 2.45) is 0 Å². The zero-order valence-electron chi connectivity index (χ0n) is 9.61. The van der Waals surface area contributed by atoms with E-state index in [0.717, 1.165) is 13.0 Å². The van der Waals surface area contributed by atoms with Crippen molar-refractivity contribution < 1.29 is 4.74 Å². The molecule has 2 aliphatic rings. The first-order valence-electron chi connectivity index (χ1n) is 6.17. The van der Waals surface area contributed by atoms with Gasteiger partial charge in [-0.3, -0.25) is 0 Å². The first-order valence-corrected chi connectivity index (χ1v) is 6.99. The molecule has 4 heteroatoms. The summed E-state index contributed by atoms with van der Waals surface area (Å²) in [7, 11) is 0. The first kappa shape index (κ1) is 10.7. The van der Waals surface area contributed by atoms with Gasteiger partial charge < -0.3 is 10.1 Å².